The third-order valence-corrected chi connectivity index (χ3v) is 5.71. The lowest BCUT2D eigenvalue weighted by molar-refractivity contribution is -0.693. The first kappa shape index (κ1) is 25.2. The van der Waals surface area contributed by atoms with Crippen LogP contribution in [0.3, 0.4) is 0 Å². The molecule has 0 amide bonds. The van der Waals surface area contributed by atoms with Crippen LogP contribution in [0.1, 0.15) is 62.7 Å². The van der Waals surface area contributed by atoms with Gasteiger partial charge in [-0.3, -0.25) is 4.79 Å². The average molecular weight is 448 g/mol. The van der Waals surface area contributed by atoms with Gasteiger partial charge in [-0.15, -0.1) is 0 Å². The van der Waals surface area contributed by atoms with Crippen LogP contribution in [0.25, 0.3) is 0 Å². The van der Waals surface area contributed by atoms with E-state index in [9.17, 15) is 9.90 Å². The van der Waals surface area contributed by atoms with Crippen molar-refractivity contribution >= 4 is 5.97 Å². The molecule has 0 spiro atoms. The van der Waals surface area contributed by atoms with E-state index in [1.807, 2.05) is 66.8 Å². The highest BCUT2D eigenvalue weighted by Crippen LogP contribution is 2.21. The lowest BCUT2D eigenvalue weighted by Crippen LogP contribution is -3.00. The highest BCUT2D eigenvalue weighted by molar-refractivity contribution is 5.69. The van der Waals surface area contributed by atoms with E-state index in [4.69, 9.17) is 9.47 Å². The number of carbonyl (C=O) groups is 1. The molecule has 0 heterocycles. The van der Waals surface area contributed by atoms with Gasteiger partial charge in [0.2, 0.25) is 0 Å². The van der Waals surface area contributed by atoms with Crippen LogP contribution in [0.2, 0.25) is 0 Å². The number of benzene rings is 2. The Bertz CT molecular complexity index is 763. The summed E-state index contributed by atoms with van der Waals surface area (Å²) in [7, 11) is 0. The summed E-state index contributed by atoms with van der Waals surface area (Å²) < 4.78 is 11.4. The van der Waals surface area contributed by atoms with Crippen LogP contribution >= 0.6 is 0 Å². The molecule has 0 radical (unpaired) electrons. The first-order chi connectivity index (χ1) is 14.6. The van der Waals surface area contributed by atoms with Gasteiger partial charge in [0.15, 0.2) is 0 Å². The maximum Gasteiger partial charge on any atom is 0.311 e. The molecule has 170 valence electrons. The average Bonchev–Trinajstić information content (AvgIpc) is 2.79. The van der Waals surface area contributed by atoms with Gasteiger partial charge in [-0.05, 0) is 55.9 Å². The minimum Gasteiger partial charge on any atom is -1.00 e. The Balaban J connectivity index is 0.00000341. The van der Waals surface area contributed by atoms with Gasteiger partial charge in [-0.2, -0.15) is 0 Å². The number of ether oxygens (including phenoxy) is 2. The Kier molecular flexibility index (Phi) is 10.9. The van der Waals surface area contributed by atoms with Crippen LogP contribution in [0.4, 0.5) is 0 Å². The largest absolute Gasteiger partial charge is 1.00 e. The summed E-state index contributed by atoms with van der Waals surface area (Å²) >= 11 is 0. The maximum atomic E-state index is 12.0. The molecule has 0 aromatic heterocycles. The van der Waals surface area contributed by atoms with Crippen LogP contribution in [-0.2, 0) is 16.1 Å². The quantitative estimate of drug-likeness (QED) is 0.521. The van der Waals surface area contributed by atoms with Gasteiger partial charge in [0.05, 0.1) is 13.0 Å². The zero-order chi connectivity index (χ0) is 21.2. The number of aliphatic hydroxyl groups excluding tert-OH is 1. The topological polar surface area (TPSA) is 72.4 Å². The van der Waals surface area contributed by atoms with Crippen LogP contribution in [-0.4, -0.2) is 29.8 Å². The lowest BCUT2D eigenvalue weighted by atomic mass is 9.98. The normalized spacial score (nSPS) is 16.1. The Labute approximate surface area is 191 Å². The van der Waals surface area contributed by atoms with E-state index in [2.05, 4.69) is 0 Å². The summed E-state index contributed by atoms with van der Waals surface area (Å²) in [4.78, 5) is 12.0. The fourth-order valence-corrected chi connectivity index (χ4v) is 3.83. The summed E-state index contributed by atoms with van der Waals surface area (Å²) in [5.74, 6) is 0.650. The fourth-order valence-electron chi connectivity index (χ4n) is 3.83. The van der Waals surface area contributed by atoms with Gasteiger partial charge in [-0.1, -0.05) is 48.9 Å². The van der Waals surface area contributed by atoms with E-state index >= 15 is 0 Å². The summed E-state index contributed by atoms with van der Waals surface area (Å²) in [5, 5.41) is 12.6. The number of rotatable bonds is 10. The van der Waals surface area contributed by atoms with E-state index < -0.39 is 6.10 Å². The van der Waals surface area contributed by atoms with Crippen molar-refractivity contribution in [1.29, 1.82) is 0 Å². The first-order valence-corrected chi connectivity index (χ1v) is 11.1. The summed E-state index contributed by atoms with van der Waals surface area (Å²) in [5.41, 5.74) is 1.96. The van der Waals surface area contributed by atoms with Gasteiger partial charge in [0.1, 0.15) is 30.6 Å². The predicted molar refractivity (Wildman–Crippen MR) is 116 cm³/mol. The zero-order valence-corrected chi connectivity index (χ0v) is 19.0. The van der Waals surface area contributed by atoms with Gasteiger partial charge in [-0.25, -0.2) is 0 Å². The van der Waals surface area contributed by atoms with E-state index in [1.165, 1.54) is 6.42 Å². The molecule has 31 heavy (non-hydrogen) atoms. The summed E-state index contributed by atoms with van der Waals surface area (Å²) in [6.45, 7) is 3.10. The molecule has 0 aliphatic heterocycles. The number of halogens is 1. The van der Waals surface area contributed by atoms with Crippen LogP contribution in [0.15, 0.2) is 54.6 Å². The number of nitrogens with two attached hydrogens (primary N) is 1. The van der Waals surface area contributed by atoms with Crippen LogP contribution < -0.4 is 22.5 Å². The third-order valence-electron chi connectivity index (χ3n) is 5.71. The molecule has 1 aliphatic rings. The molecule has 1 fully saturated rings. The van der Waals surface area contributed by atoms with Crippen LogP contribution in [0.5, 0.6) is 5.75 Å². The van der Waals surface area contributed by atoms with Gasteiger partial charge in [0, 0.05) is 0 Å². The maximum absolute atomic E-state index is 12.0. The van der Waals surface area contributed by atoms with Crippen molar-refractivity contribution in [2.45, 2.75) is 70.3 Å². The second kappa shape index (κ2) is 13.4. The molecule has 3 rings (SSSR count). The Morgan fingerprint density at radius 3 is 2.42 bits per heavy atom. The minimum atomic E-state index is -0.609. The second-order valence-electron chi connectivity index (χ2n) is 8.17. The van der Waals surface area contributed by atoms with Crippen molar-refractivity contribution < 1.29 is 37.1 Å². The minimum absolute atomic E-state index is 0. The van der Waals surface area contributed by atoms with E-state index in [-0.39, 0.29) is 30.5 Å². The molecule has 0 bridgehead atoms. The molecule has 3 N–H and O–H groups in total. The number of hydrogen-bond acceptors (Lipinski definition) is 4. The number of carbonyl (C=O) groups excluding carboxylic acids is 1. The standard InChI is InChI=1S/C25H33NO4.ClH/c1-19(26-17-16-24(27)30-23-10-6-3-7-11-23)25(28)21-12-14-22(15-13-21)29-18-20-8-4-2-5-9-20;/h2,4-5,8-9,12-15,19,23,25-26,28H,3,6-7,10-11,16-18H2,1H3;1H. The summed E-state index contributed by atoms with van der Waals surface area (Å²) in [6, 6.07) is 17.5. The number of hydrogen-bond donors (Lipinski definition) is 2. The van der Waals surface area contributed by atoms with Crippen LogP contribution in [0, 0.1) is 0 Å². The number of quaternary nitrogens is 1. The van der Waals surface area contributed by atoms with E-state index in [1.54, 1.807) is 0 Å². The molecule has 1 aliphatic carbocycles. The lowest BCUT2D eigenvalue weighted by Gasteiger charge is -2.22. The third kappa shape index (κ3) is 8.52. The SMILES string of the molecule is CC([NH2+]CCC(=O)OC1CCCCC1)C(O)c1ccc(OCc2ccccc2)cc1.[Cl-]. The van der Waals surface area contributed by atoms with Gasteiger partial charge in [0.25, 0.3) is 0 Å². The Hall–Kier alpha value is -2.08. The zero-order valence-electron chi connectivity index (χ0n) is 18.2. The van der Waals surface area contributed by atoms with Crippen molar-refractivity contribution in [3.05, 3.63) is 65.7 Å². The van der Waals surface area contributed by atoms with E-state index in [0.717, 1.165) is 42.6 Å². The van der Waals surface area contributed by atoms with Crippen molar-refractivity contribution in [2.24, 2.45) is 0 Å². The molecular formula is C25H34ClNO4. The molecule has 0 saturated heterocycles. The highest BCUT2D eigenvalue weighted by Gasteiger charge is 2.21. The fraction of sp³-hybridized carbons (Fsp3) is 0.480. The Morgan fingerprint density at radius 1 is 1.06 bits per heavy atom. The second-order valence-corrected chi connectivity index (χ2v) is 8.17. The van der Waals surface area contributed by atoms with Crippen molar-refractivity contribution in [2.75, 3.05) is 6.54 Å². The smallest absolute Gasteiger partial charge is 0.311 e. The molecular weight excluding hydrogens is 414 g/mol. The predicted octanol–water partition coefficient (Wildman–Crippen LogP) is 0.521. The first-order valence-electron chi connectivity index (χ1n) is 11.1. The van der Waals surface area contributed by atoms with Crippen molar-refractivity contribution in [3.8, 4) is 5.75 Å². The van der Waals surface area contributed by atoms with Crippen molar-refractivity contribution in [1.82, 2.24) is 0 Å². The molecule has 6 heteroatoms. The summed E-state index contributed by atoms with van der Waals surface area (Å²) in [6.07, 6.45) is 5.43. The molecule has 2 atom stereocenters. The molecule has 5 nitrogen and oxygen atoms in total. The number of aliphatic hydroxyl groups is 1. The van der Waals surface area contributed by atoms with E-state index in [0.29, 0.717) is 19.6 Å². The van der Waals surface area contributed by atoms with Gasteiger partial charge >= 0.3 is 5.97 Å². The van der Waals surface area contributed by atoms with Gasteiger partial charge < -0.3 is 32.3 Å². The monoisotopic (exact) mass is 447 g/mol. The molecule has 2 unspecified atom stereocenters. The van der Waals surface area contributed by atoms with Crippen molar-refractivity contribution in [3.63, 3.8) is 0 Å². The Morgan fingerprint density at radius 2 is 1.74 bits per heavy atom. The molecule has 2 aromatic rings. The molecule has 2 aromatic carbocycles. The highest BCUT2D eigenvalue weighted by atomic mass is 35.5. The molecule has 1 saturated carbocycles. The number of esters is 1.